The highest BCUT2D eigenvalue weighted by molar-refractivity contribution is 4.93. The van der Waals surface area contributed by atoms with Crippen molar-refractivity contribution in [2.75, 3.05) is 46.4 Å². The summed E-state index contributed by atoms with van der Waals surface area (Å²) in [5.74, 6) is 0. The molecule has 3 fully saturated rings. The number of ether oxygens (including phenoxy) is 1. The van der Waals surface area contributed by atoms with E-state index < -0.39 is 0 Å². The van der Waals surface area contributed by atoms with Crippen LogP contribution in [-0.4, -0.2) is 74.4 Å². The van der Waals surface area contributed by atoms with Crippen LogP contribution in [0, 0.1) is 0 Å². The van der Waals surface area contributed by atoms with Crippen molar-refractivity contribution in [2.24, 2.45) is 0 Å². The van der Waals surface area contributed by atoms with Crippen molar-refractivity contribution >= 4 is 0 Å². The number of likely N-dealkylation sites (N-methyl/N-ethyl adjacent to an activating group) is 1. The molecule has 0 aromatic carbocycles. The zero-order valence-corrected chi connectivity index (χ0v) is 11.6. The second-order valence-corrected chi connectivity index (χ2v) is 6.01. The summed E-state index contributed by atoms with van der Waals surface area (Å²) in [5.41, 5.74) is 0. The summed E-state index contributed by atoms with van der Waals surface area (Å²) in [5, 5.41) is 3.48. The van der Waals surface area contributed by atoms with Crippen molar-refractivity contribution in [2.45, 2.75) is 43.8 Å². The van der Waals surface area contributed by atoms with Crippen LogP contribution in [-0.2, 0) is 4.74 Å². The molecule has 4 nitrogen and oxygen atoms in total. The molecule has 0 aromatic heterocycles. The van der Waals surface area contributed by atoms with Gasteiger partial charge in [0.25, 0.3) is 0 Å². The molecule has 1 N–H and O–H groups in total. The fraction of sp³-hybridized carbons (Fsp3) is 1.00. The molecule has 3 heterocycles. The number of rotatable bonds is 3. The standard InChI is InChI=1S/C14H27N3O/c1-15-13-5-9-18-11-14(13)17-8-4-12(10-17)16-6-2-3-7-16/h12-15H,2-11H2,1H3. The van der Waals surface area contributed by atoms with Crippen LogP contribution in [0.2, 0.25) is 0 Å². The summed E-state index contributed by atoms with van der Waals surface area (Å²) in [6.45, 7) is 7.01. The maximum absolute atomic E-state index is 5.69. The molecule has 0 bridgehead atoms. The number of likely N-dealkylation sites (tertiary alicyclic amines) is 2. The second-order valence-electron chi connectivity index (χ2n) is 6.01. The Balaban J connectivity index is 1.56. The van der Waals surface area contributed by atoms with E-state index in [1.165, 1.54) is 45.4 Å². The first-order valence-corrected chi connectivity index (χ1v) is 7.61. The van der Waals surface area contributed by atoms with Gasteiger partial charge in [0, 0.05) is 37.8 Å². The Bertz CT molecular complexity index is 268. The van der Waals surface area contributed by atoms with Gasteiger partial charge in [-0.2, -0.15) is 0 Å². The van der Waals surface area contributed by atoms with Crippen molar-refractivity contribution in [3.8, 4) is 0 Å². The zero-order valence-electron chi connectivity index (χ0n) is 11.6. The van der Waals surface area contributed by atoms with E-state index in [0.717, 1.165) is 25.7 Å². The van der Waals surface area contributed by atoms with Crippen molar-refractivity contribution in [1.29, 1.82) is 0 Å². The van der Waals surface area contributed by atoms with Gasteiger partial charge in [-0.25, -0.2) is 0 Å². The maximum atomic E-state index is 5.69. The van der Waals surface area contributed by atoms with Gasteiger partial charge in [0.2, 0.25) is 0 Å². The van der Waals surface area contributed by atoms with E-state index in [-0.39, 0.29) is 0 Å². The van der Waals surface area contributed by atoms with E-state index >= 15 is 0 Å². The van der Waals surface area contributed by atoms with Crippen LogP contribution in [0.25, 0.3) is 0 Å². The second kappa shape index (κ2) is 5.87. The Labute approximate surface area is 111 Å². The third-order valence-corrected chi connectivity index (χ3v) is 5.02. The summed E-state index contributed by atoms with van der Waals surface area (Å²) in [6.07, 6.45) is 5.32. The largest absolute Gasteiger partial charge is 0.380 e. The summed E-state index contributed by atoms with van der Waals surface area (Å²) >= 11 is 0. The summed E-state index contributed by atoms with van der Waals surface area (Å²) in [7, 11) is 2.09. The maximum Gasteiger partial charge on any atom is 0.0637 e. The highest BCUT2D eigenvalue weighted by Gasteiger charge is 2.36. The normalized spacial score (nSPS) is 39.5. The molecule has 3 aliphatic rings. The Hall–Kier alpha value is -0.160. The molecule has 3 saturated heterocycles. The number of nitrogens with zero attached hydrogens (tertiary/aromatic N) is 2. The molecule has 0 spiro atoms. The van der Waals surface area contributed by atoms with Crippen molar-refractivity contribution in [1.82, 2.24) is 15.1 Å². The van der Waals surface area contributed by atoms with E-state index in [1.807, 2.05) is 0 Å². The predicted molar refractivity (Wildman–Crippen MR) is 72.9 cm³/mol. The summed E-state index contributed by atoms with van der Waals surface area (Å²) in [6, 6.07) is 2.03. The highest BCUT2D eigenvalue weighted by atomic mass is 16.5. The quantitative estimate of drug-likeness (QED) is 0.794. The Morgan fingerprint density at radius 2 is 1.89 bits per heavy atom. The smallest absolute Gasteiger partial charge is 0.0637 e. The highest BCUT2D eigenvalue weighted by Crippen LogP contribution is 2.24. The average molecular weight is 253 g/mol. The van der Waals surface area contributed by atoms with Crippen LogP contribution >= 0.6 is 0 Å². The van der Waals surface area contributed by atoms with Gasteiger partial charge in [-0.15, -0.1) is 0 Å². The first-order valence-electron chi connectivity index (χ1n) is 7.61. The fourth-order valence-corrected chi connectivity index (χ4v) is 3.89. The van der Waals surface area contributed by atoms with Crippen molar-refractivity contribution < 1.29 is 4.74 Å². The molecular formula is C14H27N3O. The molecule has 0 radical (unpaired) electrons. The van der Waals surface area contributed by atoms with E-state index in [2.05, 4.69) is 22.2 Å². The van der Waals surface area contributed by atoms with Crippen LogP contribution in [0.4, 0.5) is 0 Å². The Morgan fingerprint density at radius 3 is 2.67 bits per heavy atom. The van der Waals surface area contributed by atoms with Crippen LogP contribution in [0.15, 0.2) is 0 Å². The van der Waals surface area contributed by atoms with Gasteiger partial charge in [-0.3, -0.25) is 9.80 Å². The molecule has 0 aliphatic carbocycles. The summed E-state index contributed by atoms with van der Waals surface area (Å²) < 4.78 is 5.69. The Kier molecular flexibility index (Phi) is 4.19. The minimum atomic E-state index is 0.594. The van der Waals surface area contributed by atoms with Gasteiger partial charge in [-0.1, -0.05) is 0 Å². The molecule has 0 aromatic rings. The number of nitrogens with one attached hydrogen (secondary N) is 1. The molecule has 3 atom stereocenters. The third kappa shape index (κ3) is 2.57. The molecular weight excluding hydrogens is 226 g/mol. The first-order chi connectivity index (χ1) is 8.88. The molecule has 3 unspecified atom stereocenters. The van der Waals surface area contributed by atoms with Gasteiger partial charge >= 0.3 is 0 Å². The zero-order chi connectivity index (χ0) is 12.4. The van der Waals surface area contributed by atoms with Gasteiger partial charge in [-0.05, 0) is 45.8 Å². The molecule has 3 rings (SSSR count). The van der Waals surface area contributed by atoms with Crippen molar-refractivity contribution in [3.05, 3.63) is 0 Å². The van der Waals surface area contributed by atoms with E-state index in [9.17, 15) is 0 Å². The summed E-state index contributed by atoms with van der Waals surface area (Å²) in [4.78, 5) is 5.38. The average Bonchev–Trinajstić information content (AvgIpc) is 3.09. The minimum absolute atomic E-state index is 0.594. The van der Waals surface area contributed by atoms with Gasteiger partial charge in [0.1, 0.15) is 0 Å². The molecule has 4 heteroatoms. The lowest BCUT2D eigenvalue weighted by molar-refractivity contribution is 0.00481. The van der Waals surface area contributed by atoms with Crippen LogP contribution < -0.4 is 5.32 Å². The lowest BCUT2D eigenvalue weighted by atomic mass is 10.0. The lowest BCUT2D eigenvalue weighted by Crippen LogP contribution is -2.54. The van der Waals surface area contributed by atoms with Crippen LogP contribution in [0.3, 0.4) is 0 Å². The third-order valence-electron chi connectivity index (χ3n) is 5.02. The topological polar surface area (TPSA) is 27.7 Å². The molecule has 0 amide bonds. The molecule has 0 saturated carbocycles. The van der Waals surface area contributed by atoms with E-state index in [4.69, 9.17) is 4.74 Å². The van der Waals surface area contributed by atoms with Crippen molar-refractivity contribution in [3.63, 3.8) is 0 Å². The molecule has 104 valence electrons. The first kappa shape index (κ1) is 12.9. The van der Waals surface area contributed by atoms with Crippen LogP contribution in [0.5, 0.6) is 0 Å². The van der Waals surface area contributed by atoms with Gasteiger partial charge in [0.05, 0.1) is 6.61 Å². The van der Waals surface area contributed by atoms with Gasteiger partial charge < -0.3 is 10.1 Å². The predicted octanol–water partition coefficient (Wildman–Crippen LogP) is 0.533. The Morgan fingerprint density at radius 1 is 1.06 bits per heavy atom. The number of hydrogen-bond donors (Lipinski definition) is 1. The molecule has 3 aliphatic heterocycles. The van der Waals surface area contributed by atoms with Gasteiger partial charge in [0.15, 0.2) is 0 Å². The fourth-order valence-electron chi connectivity index (χ4n) is 3.89. The minimum Gasteiger partial charge on any atom is -0.380 e. The van der Waals surface area contributed by atoms with E-state index in [0.29, 0.717) is 12.1 Å². The van der Waals surface area contributed by atoms with Crippen LogP contribution in [0.1, 0.15) is 25.7 Å². The SMILES string of the molecule is CNC1CCOCC1N1CCC(N2CCCC2)C1. The monoisotopic (exact) mass is 253 g/mol. The van der Waals surface area contributed by atoms with E-state index in [1.54, 1.807) is 0 Å². The molecule has 18 heavy (non-hydrogen) atoms. The lowest BCUT2D eigenvalue weighted by Gasteiger charge is -2.38. The number of hydrogen-bond acceptors (Lipinski definition) is 4.